The van der Waals surface area contributed by atoms with E-state index in [4.69, 9.17) is 0 Å². The van der Waals surface area contributed by atoms with Crippen LogP contribution in [0.1, 0.15) is 29.5 Å². The zero-order valence-electron chi connectivity index (χ0n) is 13.9. The molecule has 23 heavy (non-hydrogen) atoms. The lowest BCUT2D eigenvalue weighted by Crippen LogP contribution is -2.48. The fourth-order valence-corrected chi connectivity index (χ4v) is 3.06. The van der Waals surface area contributed by atoms with Crippen LogP contribution in [0.3, 0.4) is 0 Å². The highest BCUT2D eigenvalue weighted by molar-refractivity contribution is 5.92. The maximum atomic E-state index is 12.7. The monoisotopic (exact) mass is 312 g/mol. The minimum absolute atomic E-state index is 0.0407. The lowest BCUT2D eigenvalue weighted by atomic mass is 10.2. The number of hydrogen-bond donors (Lipinski definition) is 0. The van der Waals surface area contributed by atoms with Gasteiger partial charge in [-0.25, -0.2) is 4.68 Å². The van der Waals surface area contributed by atoms with E-state index < -0.39 is 0 Å². The van der Waals surface area contributed by atoms with Gasteiger partial charge in [-0.1, -0.05) is 25.1 Å². The lowest BCUT2D eigenvalue weighted by molar-refractivity contribution is 0.0631. The molecule has 1 aliphatic heterocycles. The van der Waals surface area contributed by atoms with Gasteiger partial charge in [0.1, 0.15) is 0 Å². The fraction of sp³-hybridized carbons (Fsp3) is 0.444. The van der Waals surface area contributed by atoms with Gasteiger partial charge in [0.15, 0.2) is 5.69 Å². The molecule has 0 aliphatic carbocycles. The maximum Gasteiger partial charge on any atom is 0.274 e. The summed E-state index contributed by atoms with van der Waals surface area (Å²) in [5.74, 6) is 0.0407. The second kappa shape index (κ2) is 6.96. The average molecular weight is 312 g/mol. The van der Waals surface area contributed by atoms with E-state index in [1.807, 2.05) is 52.9 Å². The van der Waals surface area contributed by atoms with Crippen molar-refractivity contribution in [2.24, 2.45) is 0 Å². The van der Waals surface area contributed by atoms with Crippen molar-refractivity contribution in [3.63, 3.8) is 0 Å². The van der Waals surface area contributed by atoms with Crippen molar-refractivity contribution >= 4 is 5.91 Å². The number of nitrogens with zero attached hydrogens (tertiary/aromatic N) is 4. The van der Waals surface area contributed by atoms with Gasteiger partial charge in [-0.2, -0.15) is 5.10 Å². The Kier molecular flexibility index (Phi) is 4.76. The number of aromatic nitrogens is 2. The van der Waals surface area contributed by atoms with Crippen molar-refractivity contribution in [3.05, 3.63) is 47.8 Å². The van der Waals surface area contributed by atoms with Gasteiger partial charge in [-0.05, 0) is 38.1 Å². The highest BCUT2D eigenvalue weighted by Crippen LogP contribution is 2.14. The van der Waals surface area contributed by atoms with Crippen LogP contribution in [0.15, 0.2) is 36.4 Å². The van der Waals surface area contributed by atoms with E-state index in [1.165, 1.54) is 0 Å². The molecule has 0 saturated carbocycles. The van der Waals surface area contributed by atoms with E-state index in [0.717, 1.165) is 50.5 Å². The Morgan fingerprint density at radius 2 is 1.83 bits per heavy atom. The highest BCUT2D eigenvalue weighted by atomic mass is 16.2. The Balaban J connectivity index is 1.72. The van der Waals surface area contributed by atoms with E-state index in [2.05, 4.69) is 16.9 Å². The molecule has 1 aromatic heterocycles. The molecule has 1 fully saturated rings. The zero-order valence-corrected chi connectivity index (χ0v) is 13.9. The third-order valence-electron chi connectivity index (χ3n) is 4.31. The molecule has 2 aromatic rings. The van der Waals surface area contributed by atoms with E-state index >= 15 is 0 Å². The summed E-state index contributed by atoms with van der Waals surface area (Å²) in [5.41, 5.74) is 2.50. The third kappa shape index (κ3) is 3.45. The molecule has 0 atom stereocenters. The number of benzene rings is 1. The summed E-state index contributed by atoms with van der Waals surface area (Å²) in [5, 5.41) is 4.52. The van der Waals surface area contributed by atoms with Gasteiger partial charge in [0.05, 0.1) is 5.69 Å². The van der Waals surface area contributed by atoms with E-state index in [1.54, 1.807) is 0 Å². The molecule has 3 rings (SSSR count). The van der Waals surface area contributed by atoms with Crippen molar-refractivity contribution in [1.82, 2.24) is 19.6 Å². The second-order valence-corrected chi connectivity index (χ2v) is 6.05. The van der Waals surface area contributed by atoms with Gasteiger partial charge in [0.2, 0.25) is 0 Å². The Morgan fingerprint density at radius 1 is 1.13 bits per heavy atom. The number of amides is 1. The second-order valence-electron chi connectivity index (χ2n) is 6.05. The third-order valence-corrected chi connectivity index (χ3v) is 4.31. The van der Waals surface area contributed by atoms with Crippen molar-refractivity contribution in [3.8, 4) is 5.69 Å². The molecule has 0 bridgehead atoms. The number of para-hydroxylation sites is 1. The van der Waals surface area contributed by atoms with Gasteiger partial charge in [-0.15, -0.1) is 0 Å². The van der Waals surface area contributed by atoms with Crippen LogP contribution in [-0.4, -0.2) is 58.2 Å². The van der Waals surface area contributed by atoms with Crippen LogP contribution in [0.25, 0.3) is 5.69 Å². The highest BCUT2D eigenvalue weighted by Gasteiger charge is 2.24. The predicted molar refractivity (Wildman–Crippen MR) is 90.9 cm³/mol. The van der Waals surface area contributed by atoms with Crippen LogP contribution in [0.4, 0.5) is 0 Å². The quantitative estimate of drug-likeness (QED) is 0.870. The van der Waals surface area contributed by atoms with Gasteiger partial charge >= 0.3 is 0 Å². The molecule has 2 heterocycles. The first-order chi connectivity index (χ1) is 11.2. The van der Waals surface area contributed by atoms with E-state index in [-0.39, 0.29) is 5.91 Å². The lowest BCUT2D eigenvalue weighted by Gasteiger charge is -2.34. The first-order valence-electron chi connectivity index (χ1n) is 8.32. The number of aryl methyl sites for hydroxylation is 1. The molecule has 0 radical (unpaired) electrons. The zero-order chi connectivity index (χ0) is 16.2. The molecule has 122 valence electrons. The minimum atomic E-state index is 0.0407. The Bertz CT molecular complexity index is 657. The molecule has 0 unspecified atom stereocenters. The van der Waals surface area contributed by atoms with Gasteiger partial charge < -0.3 is 4.90 Å². The molecule has 5 nitrogen and oxygen atoms in total. The SMILES string of the molecule is CCCN1CCN(C(=O)c2cc(C)n(-c3ccccc3)n2)CC1. The van der Waals surface area contributed by atoms with Crippen molar-refractivity contribution in [2.45, 2.75) is 20.3 Å². The summed E-state index contributed by atoms with van der Waals surface area (Å²) in [4.78, 5) is 17.0. The number of hydrogen-bond acceptors (Lipinski definition) is 3. The van der Waals surface area contributed by atoms with Gasteiger partial charge in [0, 0.05) is 31.9 Å². The van der Waals surface area contributed by atoms with Crippen LogP contribution in [-0.2, 0) is 0 Å². The summed E-state index contributed by atoms with van der Waals surface area (Å²) in [6.07, 6.45) is 1.16. The maximum absolute atomic E-state index is 12.7. The van der Waals surface area contributed by atoms with Crippen molar-refractivity contribution < 1.29 is 4.79 Å². The molecule has 1 aromatic carbocycles. The van der Waals surface area contributed by atoms with Crippen molar-refractivity contribution in [1.29, 1.82) is 0 Å². The fourth-order valence-electron chi connectivity index (χ4n) is 3.06. The van der Waals surface area contributed by atoms with Gasteiger partial charge in [0.25, 0.3) is 5.91 Å². The summed E-state index contributed by atoms with van der Waals surface area (Å²) >= 11 is 0. The van der Waals surface area contributed by atoms with Crippen LogP contribution >= 0.6 is 0 Å². The standard InChI is InChI=1S/C18H24N4O/c1-3-9-20-10-12-21(13-11-20)18(23)17-14-15(2)22(19-17)16-7-5-4-6-8-16/h4-8,14H,3,9-13H2,1-2H3. The topological polar surface area (TPSA) is 41.4 Å². The Labute approximate surface area is 137 Å². The van der Waals surface area contributed by atoms with Crippen LogP contribution in [0.2, 0.25) is 0 Å². The normalized spacial score (nSPS) is 15.8. The average Bonchev–Trinajstić information content (AvgIpc) is 2.98. The molecule has 1 amide bonds. The van der Waals surface area contributed by atoms with Gasteiger partial charge in [-0.3, -0.25) is 9.69 Å². The van der Waals surface area contributed by atoms with E-state index in [9.17, 15) is 4.79 Å². The Hall–Kier alpha value is -2.14. The minimum Gasteiger partial charge on any atom is -0.335 e. The smallest absolute Gasteiger partial charge is 0.274 e. The summed E-state index contributed by atoms with van der Waals surface area (Å²) < 4.78 is 1.83. The molecule has 1 aliphatic rings. The van der Waals surface area contributed by atoms with Crippen LogP contribution in [0.5, 0.6) is 0 Å². The molecular weight excluding hydrogens is 288 g/mol. The largest absolute Gasteiger partial charge is 0.335 e. The molecule has 0 spiro atoms. The summed E-state index contributed by atoms with van der Waals surface area (Å²) in [7, 11) is 0. The molecule has 1 saturated heterocycles. The number of carbonyl (C=O) groups excluding carboxylic acids is 1. The van der Waals surface area contributed by atoms with Crippen molar-refractivity contribution in [2.75, 3.05) is 32.7 Å². The van der Waals surface area contributed by atoms with E-state index in [0.29, 0.717) is 5.69 Å². The van der Waals surface area contributed by atoms with Crippen LogP contribution in [0, 0.1) is 6.92 Å². The summed E-state index contributed by atoms with van der Waals surface area (Å²) in [6.45, 7) is 8.78. The number of piperazine rings is 1. The molecule has 0 N–H and O–H groups in total. The predicted octanol–water partition coefficient (Wildman–Crippen LogP) is 2.35. The van der Waals surface area contributed by atoms with Crippen LogP contribution < -0.4 is 0 Å². The first kappa shape index (κ1) is 15.7. The molecule has 5 heteroatoms. The molecular formula is C18H24N4O. The first-order valence-corrected chi connectivity index (χ1v) is 8.32. The number of carbonyl (C=O) groups is 1. The number of rotatable bonds is 4. The summed E-state index contributed by atoms with van der Waals surface area (Å²) in [6, 6.07) is 11.8. The Morgan fingerprint density at radius 3 is 2.48 bits per heavy atom.